The molecule has 2 N–H and O–H groups in total. The number of hydrogen-bond donors (Lipinski definition) is 2. The van der Waals surface area contributed by atoms with E-state index >= 15 is 0 Å². The molecule has 21 heavy (non-hydrogen) atoms. The summed E-state index contributed by atoms with van der Waals surface area (Å²) >= 11 is 5.81. The van der Waals surface area contributed by atoms with Gasteiger partial charge >= 0.3 is 6.61 Å². The molecule has 0 aliphatic rings. The van der Waals surface area contributed by atoms with Crippen LogP contribution in [0.4, 0.5) is 18.9 Å². The number of phenols is 1. The number of benzene rings is 2. The van der Waals surface area contributed by atoms with Crippen molar-refractivity contribution in [3.63, 3.8) is 0 Å². The molecule has 0 saturated carbocycles. The Bertz CT molecular complexity index is 638. The zero-order chi connectivity index (χ0) is 15.4. The van der Waals surface area contributed by atoms with Crippen molar-refractivity contribution in [3.05, 3.63) is 52.8 Å². The highest BCUT2D eigenvalue weighted by Gasteiger charge is 2.10. The van der Waals surface area contributed by atoms with Gasteiger partial charge in [0.15, 0.2) is 11.6 Å². The van der Waals surface area contributed by atoms with Crippen molar-refractivity contribution in [3.8, 4) is 11.5 Å². The second-order valence-corrected chi connectivity index (χ2v) is 4.59. The molecule has 3 nitrogen and oxygen atoms in total. The zero-order valence-corrected chi connectivity index (χ0v) is 11.4. The minimum atomic E-state index is -3.08. The molecular weight excluding hydrogens is 307 g/mol. The molecule has 0 aliphatic heterocycles. The highest BCUT2D eigenvalue weighted by molar-refractivity contribution is 6.30. The Morgan fingerprint density at radius 1 is 1.19 bits per heavy atom. The van der Waals surface area contributed by atoms with E-state index in [0.29, 0.717) is 16.3 Å². The topological polar surface area (TPSA) is 41.5 Å². The second kappa shape index (κ2) is 6.58. The Labute approximate surface area is 123 Å². The Hall–Kier alpha value is -2.08. The lowest BCUT2D eigenvalue weighted by Gasteiger charge is -2.10. The normalized spacial score (nSPS) is 10.7. The van der Waals surface area contributed by atoms with Crippen LogP contribution in [-0.4, -0.2) is 11.7 Å². The maximum Gasteiger partial charge on any atom is 0.387 e. The minimum Gasteiger partial charge on any atom is -0.508 e. The quantitative estimate of drug-likeness (QED) is 0.859. The third-order valence-electron chi connectivity index (χ3n) is 2.67. The summed E-state index contributed by atoms with van der Waals surface area (Å²) in [6.07, 6.45) is 0. The van der Waals surface area contributed by atoms with E-state index in [1.165, 1.54) is 18.2 Å². The molecule has 112 valence electrons. The Balaban J connectivity index is 2.07. The number of ether oxygens (including phenoxy) is 1. The third-order valence-corrected chi connectivity index (χ3v) is 2.91. The molecule has 0 spiro atoms. The highest BCUT2D eigenvalue weighted by Crippen LogP contribution is 2.25. The van der Waals surface area contributed by atoms with Crippen LogP contribution in [0.2, 0.25) is 5.02 Å². The van der Waals surface area contributed by atoms with Gasteiger partial charge in [-0.05, 0) is 30.3 Å². The van der Waals surface area contributed by atoms with E-state index in [-0.39, 0.29) is 12.3 Å². The van der Waals surface area contributed by atoms with Crippen LogP contribution in [-0.2, 0) is 6.54 Å². The average molecular weight is 318 g/mol. The lowest BCUT2D eigenvalue weighted by atomic mass is 10.2. The van der Waals surface area contributed by atoms with Crippen LogP contribution in [0, 0.1) is 5.82 Å². The van der Waals surface area contributed by atoms with E-state index < -0.39 is 18.2 Å². The molecule has 0 radical (unpaired) electrons. The first-order chi connectivity index (χ1) is 9.95. The lowest BCUT2D eigenvalue weighted by molar-refractivity contribution is -0.0521. The van der Waals surface area contributed by atoms with Crippen LogP contribution in [0.5, 0.6) is 11.5 Å². The fourth-order valence-corrected chi connectivity index (χ4v) is 1.89. The molecule has 2 aromatic rings. The summed E-state index contributed by atoms with van der Waals surface area (Å²) in [6.45, 7) is -2.89. The molecule has 0 heterocycles. The number of hydrogen-bond acceptors (Lipinski definition) is 3. The van der Waals surface area contributed by atoms with Crippen LogP contribution >= 0.6 is 11.6 Å². The van der Waals surface area contributed by atoms with E-state index in [4.69, 9.17) is 11.6 Å². The smallest absolute Gasteiger partial charge is 0.387 e. The minimum absolute atomic E-state index is 0.0463. The van der Waals surface area contributed by atoms with Crippen molar-refractivity contribution >= 4 is 17.3 Å². The average Bonchev–Trinajstić information content (AvgIpc) is 2.42. The number of phenolic OH excluding ortho intramolecular Hbond substituents is 1. The fourth-order valence-electron chi connectivity index (χ4n) is 1.70. The number of anilines is 1. The van der Waals surface area contributed by atoms with Gasteiger partial charge in [-0.2, -0.15) is 8.78 Å². The van der Waals surface area contributed by atoms with Gasteiger partial charge in [0.05, 0.1) is 0 Å². The summed E-state index contributed by atoms with van der Waals surface area (Å²) in [4.78, 5) is 0. The molecule has 0 aliphatic carbocycles. The van der Waals surface area contributed by atoms with Crippen molar-refractivity contribution in [2.45, 2.75) is 13.2 Å². The molecule has 0 bridgehead atoms. The van der Waals surface area contributed by atoms with E-state index in [2.05, 4.69) is 10.1 Å². The van der Waals surface area contributed by atoms with Crippen molar-refractivity contribution in [2.75, 3.05) is 5.32 Å². The fraction of sp³-hybridized carbons (Fsp3) is 0.143. The molecule has 0 fully saturated rings. The molecule has 2 aromatic carbocycles. The van der Waals surface area contributed by atoms with Gasteiger partial charge in [-0.1, -0.05) is 11.6 Å². The molecule has 0 amide bonds. The van der Waals surface area contributed by atoms with Gasteiger partial charge in [0.1, 0.15) is 5.75 Å². The van der Waals surface area contributed by atoms with E-state index in [1.807, 2.05) is 0 Å². The maximum atomic E-state index is 13.5. The predicted octanol–water partition coefficient (Wildman–Crippen LogP) is 4.40. The van der Waals surface area contributed by atoms with Crippen LogP contribution in [0.15, 0.2) is 36.4 Å². The van der Waals surface area contributed by atoms with Gasteiger partial charge in [0, 0.05) is 28.9 Å². The van der Waals surface area contributed by atoms with Crippen LogP contribution in [0.3, 0.4) is 0 Å². The van der Waals surface area contributed by atoms with Gasteiger partial charge in [0.2, 0.25) is 0 Å². The SMILES string of the molecule is Oc1ccc(Cl)cc1CNc1ccc(OC(F)F)c(F)c1. The summed E-state index contributed by atoms with van der Waals surface area (Å²) in [5.74, 6) is -1.39. The predicted molar refractivity (Wildman–Crippen MR) is 73.5 cm³/mol. The summed E-state index contributed by atoms with van der Waals surface area (Å²) in [7, 11) is 0. The number of alkyl halides is 2. The van der Waals surface area contributed by atoms with Crippen molar-refractivity contribution in [1.29, 1.82) is 0 Å². The van der Waals surface area contributed by atoms with Crippen LogP contribution in [0.1, 0.15) is 5.56 Å². The number of halogens is 4. The standard InChI is InChI=1S/C14H11ClF3NO2/c15-9-1-3-12(20)8(5-9)7-19-10-2-4-13(11(16)6-10)21-14(17)18/h1-6,14,19-20H,7H2. The number of rotatable bonds is 5. The summed E-state index contributed by atoms with van der Waals surface area (Å²) in [6, 6.07) is 8.06. The van der Waals surface area contributed by atoms with Gasteiger partial charge in [-0.15, -0.1) is 0 Å². The third kappa shape index (κ3) is 4.19. The summed E-state index contributed by atoms with van der Waals surface area (Å²) < 4.78 is 41.5. The van der Waals surface area contributed by atoms with E-state index in [9.17, 15) is 18.3 Å². The number of nitrogens with one attached hydrogen (secondary N) is 1. The first-order valence-electron chi connectivity index (χ1n) is 5.91. The highest BCUT2D eigenvalue weighted by atomic mass is 35.5. The molecule has 7 heteroatoms. The van der Waals surface area contributed by atoms with Gasteiger partial charge in [0.25, 0.3) is 0 Å². The Morgan fingerprint density at radius 2 is 1.95 bits per heavy atom. The number of aromatic hydroxyl groups is 1. The largest absolute Gasteiger partial charge is 0.508 e. The molecule has 0 unspecified atom stereocenters. The zero-order valence-electron chi connectivity index (χ0n) is 10.6. The Morgan fingerprint density at radius 3 is 2.62 bits per heavy atom. The van der Waals surface area contributed by atoms with Crippen molar-refractivity contribution < 1.29 is 23.0 Å². The molecule has 0 saturated heterocycles. The van der Waals surface area contributed by atoms with Gasteiger partial charge in [-0.3, -0.25) is 0 Å². The Kier molecular flexibility index (Phi) is 4.80. The lowest BCUT2D eigenvalue weighted by Crippen LogP contribution is -2.05. The molecule has 0 aromatic heterocycles. The molecule has 0 atom stereocenters. The first kappa shape index (κ1) is 15.3. The first-order valence-corrected chi connectivity index (χ1v) is 6.29. The molecular formula is C14H11ClF3NO2. The van der Waals surface area contributed by atoms with Crippen molar-refractivity contribution in [2.24, 2.45) is 0 Å². The van der Waals surface area contributed by atoms with Crippen molar-refractivity contribution in [1.82, 2.24) is 0 Å². The van der Waals surface area contributed by atoms with E-state index in [0.717, 1.165) is 12.1 Å². The summed E-state index contributed by atoms with van der Waals surface area (Å²) in [5.41, 5.74) is 0.879. The monoisotopic (exact) mass is 317 g/mol. The summed E-state index contributed by atoms with van der Waals surface area (Å²) in [5, 5.41) is 12.9. The van der Waals surface area contributed by atoms with Crippen LogP contribution in [0.25, 0.3) is 0 Å². The molecule has 2 rings (SSSR count). The maximum absolute atomic E-state index is 13.5. The van der Waals surface area contributed by atoms with E-state index in [1.54, 1.807) is 6.07 Å². The van der Waals surface area contributed by atoms with Crippen LogP contribution < -0.4 is 10.1 Å². The van der Waals surface area contributed by atoms with Gasteiger partial charge in [-0.25, -0.2) is 4.39 Å². The van der Waals surface area contributed by atoms with Gasteiger partial charge < -0.3 is 15.2 Å². The second-order valence-electron chi connectivity index (χ2n) is 4.15.